The smallest absolute Gasteiger partial charge is 0.258 e. The van der Waals surface area contributed by atoms with Crippen LogP contribution in [0.4, 0.5) is 11.5 Å². The Morgan fingerprint density at radius 3 is 2.76 bits per heavy atom. The van der Waals surface area contributed by atoms with Crippen LogP contribution in [0.15, 0.2) is 24.4 Å². The molecule has 134 valence electrons. The number of aromatic nitrogens is 2. The van der Waals surface area contributed by atoms with Gasteiger partial charge in [-0.05, 0) is 30.5 Å². The van der Waals surface area contributed by atoms with Crippen molar-refractivity contribution in [2.24, 2.45) is 0 Å². The van der Waals surface area contributed by atoms with Crippen molar-refractivity contribution >= 4 is 39.0 Å². The molecule has 0 aliphatic carbocycles. The Hall–Kier alpha value is -2.06. The van der Waals surface area contributed by atoms with Crippen molar-refractivity contribution in [1.82, 2.24) is 10.2 Å². The highest BCUT2D eigenvalue weighted by Crippen LogP contribution is 2.29. The summed E-state index contributed by atoms with van der Waals surface area (Å²) in [5.41, 5.74) is 1.64. The highest BCUT2D eigenvalue weighted by atomic mass is 35.5. The summed E-state index contributed by atoms with van der Waals surface area (Å²) in [6, 6.07) is 4.64. The average molecular weight is 383 g/mol. The van der Waals surface area contributed by atoms with Crippen LogP contribution in [-0.2, 0) is 10.0 Å². The fourth-order valence-corrected chi connectivity index (χ4v) is 4.60. The van der Waals surface area contributed by atoms with Gasteiger partial charge in [0, 0.05) is 12.1 Å². The van der Waals surface area contributed by atoms with E-state index < -0.39 is 10.0 Å². The van der Waals surface area contributed by atoms with Crippen LogP contribution in [0.3, 0.4) is 0 Å². The number of H-pyrrole nitrogens is 1. The SMILES string of the molecule is CC(C)c1cn[nH]c1NC(=O)c1ccc(N2CCCS2(=O)=O)cc1Cl. The maximum atomic E-state index is 12.5. The molecule has 0 radical (unpaired) electrons. The first-order valence-corrected chi connectivity index (χ1v) is 9.93. The summed E-state index contributed by atoms with van der Waals surface area (Å²) in [5, 5.41) is 9.67. The molecule has 0 bridgehead atoms. The molecule has 1 aromatic carbocycles. The van der Waals surface area contributed by atoms with Gasteiger partial charge >= 0.3 is 0 Å². The predicted octanol–water partition coefficient (Wildman–Crippen LogP) is 2.98. The molecule has 1 fully saturated rings. The Balaban J connectivity index is 1.83. The third-order valence-corrected chi connectivity index (χ3v) is 6.30. The quantitative estimate of drug-likeness (QED) is 0.849. The predicted molar refractivity (Wildman–Crippen MR) is 97.8 cm³/mol. The number of nitrogens with one attached hydrogen (secondary N) is 2. The van der Waals surface area contributed by atoms with Gasteiger partial charge in [-0.1, -0.05) is 25.4 Å². The van der Waals surface area contributed by atoms with E-state index in [4.69, 9.17) is 11.6 Å². The van der Waals surface area contributed by atoms with Gasteiger partial charge in [0.15, 0.2) is 0 Å². The van der Waals surface area contributed by atoms with Crippen molar-refractivity contribution in [2.45, 2.75) is 26.2 Å². The third kappa shape index (κ3) is 3.50. The summed E-state index contributed by atoms with van der Waals surface area (Å²) >= 11 is 6.23. The maximum Gasteiger partial charge on any atom is 0.258 e. The zero-order valence-corrected chi connectivity index (χ0v) is 15.5. The van der Waals surface area contributed by atoms with Crippen molar-refractivity contribution in [3.8, 4) is 0 Å². The second kappa shape index (κ2) is 6.68. The van der Waals surface area contributed by atoms with E-state index in [2.05, 4.69) is 15.5 Å². The number of aromatic amines is 1. The Labute approximate surface area is 151 Å². The van der Waals surface area contributed by atoms with E-state index in [1.165, 1.54) is 16.4 Å². The van der Waals surface area contributed by atoms with Crippen molar-refractivity contribution in [3.05, 3.63) is 40.5 Å². The van der Waals surface area contributed by atoms with Gasteiger partial charge in [0.1, 0.15) is 5.82 Å². The Morgan fingerprint density at radius 1 is 1.40 bits per heavy atom. The van der Waals surface area contributed by atoms with E-state index in [-0.39, 0.29) is 28.2 Å². The van der Waals surface area contributed by atoms with Gasteiger partial charge < -0.3 is 5.32 Å². The summed E-state index contributed by atoms with van der Waals surface area (Å²) in [6.07, 6.45) is 2.25. The first kappa shape index (κ1) is 17.8. The van der Waals surface area contributed by atoms with Crippen LogP contribution in [0.5, 0.6) is 0 Å². The molecular weight excluding hydrogens is 364 g/mol. The fourth-order valence-electron chi connectivity index (χ4n) is 2.79. The molecule has 25 heavy (non-hydrogen) atoms. The van der Waals surface area contributed by atoms with Crippen LogP contribution in [0.2, 0.25) is 5.02 Å². The molecule has 1 aromatic heterocycles. The molecular formula is C16H19ClN4O3S. The summed E-state index contributed by atoms with van der Waals surface area (Å²) < 4.78 is 25.3. The summed E-state index contributed by atoms with van der Waals surface area (Å²) in [6.45, 7) is 4.42. The topological polar surface area (TPSA) is 95.2 Å². The molecule has 3 rings (SSSR count). The summed E-state index contributed by atoms with van der Waals surface area (Å²) in [5.74, 6) is 0.478. The molecule has 0 unspecified atom stereocenters. The largest absolute Gasteiger partial charge is 0.307 e. The van der Waals surface area contributed by atoms with Crippen LogP contribution < -0.4 is 9.62 Å². The Bertz CT molecular complexity index is 908. The highest BCUT2D eigenvalue weighted by molar-refractivity contribution is 7.93. The Morgan fingerprint density at radius 2 is 2.16 bits per heavy atom. The zero-order chi connectivity index (χ0) is 18.2. The molecule has 0 spiro atoms. The van der Waals surface area contributed by atoms with E-state index >= 15 is 0 Å². The van der Waals surface area contributed by atoms with E-state index in [9.17, 15) is 13.2 Å². The van der Waals surface area contributed by atoms with Gasteiger partial charge in [0.2, 0.25) is 10.0 Å². The number of hydrogen-bond donors (Lipinski definition) is 2. The lowest BCUT2D eigenvalue weighted by Gasteiger charge is -2.18. The number of sulfonamides is 1. The van der Waals surface area contributed by atoms with Crippen molar-refractivity contribution < 1.29 is 13.2 Å². The fraction of sp³-hybridized carbons (Fsp3) is 0.375. The van der Waals surface area contributed by atoms with E-state index in [1.807, 2.05) is 13.8 Å². The van der Waals surface area contributed by atoms with E-state index in [1.54, 1.807) is 12.3 Å². The minimum Gasteiger partial charge on any atom is -0.307 e. The molecule has 2 aromatic rings. The number of hydrogen-bond acceptors (Lipinski definition) is 4. The zero-order valence-electron chi connectivity index (χ0n) is 13.9. The third-order valence-electron chi connectivity index (χ3n) is 4.11. The number of anilines is 2. The van der Waals surface area contributed by atoms with Crippen LogP contribution in [0.25, 0.3) is 0 Å². The number of nitrogens with zero attached hydrogens (tertiary/aromatic N) is 2. The van der Waals surface area contributed by atoms with Crippen LogP contribution in [0, 0.1) is 0 Å². The van der Waals surface area contributed by atoms with Gasteiger partial charge in [-0.2, -0.15) is 5.10 Å². The average Bonchev–Trinajstić information content (AvgIpc) is 3.12. The number of rotatable bonds is 4. The van der Waals surface area contributed by atoms with Crippen LogP contribution in [-0.4, -0.2) is 36.8 Å². The lowest BCUT2D eigenvalue weighted by atomic mass is 10.1. The van der Waals surface area contributed by atoms with Crippen molar-refractivity contribution in [2.75, 3.05) is 21.9 Å². The molecule has 1 amide bonds. The number of carbonyl (C=O) groups excluding carboxylic acids is 1. The number of benzene rings is 1. The number of amides is 1. The first-order valence-electron chi connectivity index (χ1n) is 7.94. The number of carbonyl (C=O) groups is 1. The lowest BCUT2D eigenvalue weighted by molar-refractivity contribution is 0.102. The van der Waals surface area contributed by atoms with Crippen molar-refractivity contribution in [3.63, 3.8) is 0 Å². The molecule has 2 heterocycles. The highest BCUT2D eigenvalue weighted by Gasteiger charge is 2.29. The minimum atomic E-state index is -3.29. The molecule has 0 saturated carbocycles. The molecule has 9 heteroatoms. The normalized spacial score (nSPS) is 16.4. The molecule has 0 atom stereocenters. The summed E-state index contributed by atoms with van der Waals surface area (Å²) in [4.78, 5) is 12.5. The Kier molecular flexibility index (Phi) is 4.75. The minimum absolute atomic E-state index is 0.130. The van der Waals surface area contributed by atoms with Crippen LogP contribution in [0.1, 0.15) is 42.1 Å². The van der Waals surface area contributed by atoms with Gasteiger partial charge in [-0.25, -0.2) is 8.42 Å². The maximum absolute atomic E-state index is 12.5. The second-order valence-corrected chi connectivity index (χ2v) is 8.64. The molecule has 1 saturated heterocycles. The molecule has 2 N–H and O–H groups in total. The first-order chi connectivity index (χ1) is 11.8. The van der Waals surface area contributed by atoms with Crippen molar-refractivity contribution in [1.29, 1.82) is 0 Å². The van der Waals surface area contributed by atoms with Gasteiger partial charge in [-0.3, -0.25) is 14.2 Å². The van der Waals surface area contributed by atoms with Gasteiger partial charge in [0.25, 0.3) is 5.91 Å². The molecule has 1 aliphatic heterocycles. The molecule has 1 aliphatic rings. The van der Waals surface area contributed by atoms with E-state index in [0.717, 1.165) is 5.56 Å². The lowest BCUT2D eigenvalue weighted by Crippen LogP contribution is -2.25. The molecule has 7 nitrogen and oxygen atoms in total. The second-order valence-electron chi connectivity index (χ2n) is 6.22. The van der Waals surface area contributed by atoms with Gasteiger partial charge in [-0.15, -0.1) is 0 Å². The monoisotopic (exact) mass is 382 g/mol. The summed E-state index contributed by atoms with van der Waals surface area (Å²) in [7, 11) is -3.29. The number of halogens is 1. The van der Waals surface area contributed by atoms with Gasteiger partial charge in [0.05, 0.1) is 28.2 Å². The van der Waals surface area contributed by atoms with Crippen LogP contribution >= 0.6 is 11.6 Å². The standard InChI is InChI=1S/C16H19ClN4O3S/c1-10(2)13-9-18-20-15(13)19-16(22)12-5-4-11(8-14(12)17)21-6-3-7-25(21,23)24/h4-5,8-10H,3,6-7H2,1-2H3,(H2,18,19,20,22). The van der Waals surface area contributed by atoms with E-state index in [0.29, 0.717) is 24.5 Å².